The first kappa shape index (κ1) is 25.6. The average Bonchev–Trinajstić information content (AvgIpc) is 2.23. The van der Waals surface area contributed by atoms with Gasteiger partial charge >= 0.3 is 11.9 Å². The Morgan fingerprint density at radius 1 is 0.909 bits per heavy atom. The Morgan fingerprint density at radius 3 is 1.18 bits per heavy atom. The maximum absolute atomic E-state index is 9.79. The summed E-state index contributed by atoms with van der Waals surface area (Å²) in [5.41, 5.74) is 0. The highest BCUT2D eigenvalue weighted by atomic mass is 32.2. The first-order chi connectivity index (χ1) is 9.52. The molecule has 0 aromatic heterocycles. The molecule has 0 heterocycles. The monoisotopic (exact) mass is 370 g/mol. The van der Waals surface area contributed by atoms with E-state index in [1.807, 2.05) is 0 Å². The number of aliphatic hydroxyl groups is 2. The van der Waals surface area contributed by atoms with Crippen molar-refractivity contribution in [1.29, 1.82) is 0 Å². The number of aliphatic hydroxyl groups excluding tert-OH is 2. The molecule has 0 aromatic rings. The topological polar surface area (TPSA) is 224 Å². The summed E-state index contributed by atoms with van der Waals surface area (Å²) >= 11 is 0. The minimum absolute atomic E-state index is 0.132. The molecule has 0 aliphatic carbocycles. The lowest BCUT2D eigenvalue weighted by atomic mass is 10.2. The summed E-state index contributed by atoms with van der Waals surface area (Å²) in [7, 11) is -7.34. The van der Waals surface area contributed by atoms with Crippen LogP contribution in [0.2, 0.25) is 0 Å². The average molecular weight is 370 g/mol. The van der Waals surface area contributed by atoms with E-state index in [9.17, 15) is 26.4 Å². The molecule has 0 fully saturated rings. The molecular weight excluding hydrogens is 352 g/mol. The van der Waals surface area contributed by atoms with Gasteiger partial charge in [-0.25, -0.2) is 9.59 Å². The van der Waals surface area contributed by atoms with Gasteiger partial charge in [-0.1, -0.05) is 6.92 Å². The summed E-state index contributed by atoms with van der Waals surface area (Å²) in [6, 6.07) is 0. The summed E-state index contributed by atoms with van der Waals surface area (Å²) < 4.78 is 53.4. The Hall–Kier alpha value is -1.32. The van der Waals surface area contributed by atoms with Crippen LogP contribution in [0, 0.1) is 0 Å². The standard InChI is InChI=1S/C4H6O6.C3H8O3S.CH4O3S/c5-1(3(7)8)2(6)4(9)10;1-2-3-7(4,5)6;1-5(2,3)4/h1-2,5-6H,(H,7,8)(H,9,10);2-3H2,1H3,(H,4,5,6);1H3,(H,2,3,4). The van der Waals surface area contributed by atoms with Gasteiger partial charge in [0.25, 0.3) is 20.2 Å². The van der Waals surface area contributed by atoms with Crippen LogP contribution in [0.15, 0.2) is 0 Å². The molecule has 0 aliphatic rings. The SMILES string of the molecule is CCCS(=O)(=O)O.CS(=O)(=O)O.O=C(O)C(O)C(O)C(=O)O. The van der Waals surface area contributed by atoms with Crippen molar-refractivity contribution in [2.75, 3.05) is 12.0 Å². The molecule has 0 aliphatic heterocycles. The predicted molar refractivity (Wildman–Crippen MR) is 71.5 cm³/mol. The summed E-state index contributed by atoms with van der Waals surface area (Å²) in [6.45, 7) is 1.69. The molecule has 0 saturated heterocycles. The number of carboxylic acids is 2. The van der Waals surface area contributed by atoms with Crippen molar-refractivity contribution in [1.82, 2.24) is 0 Å². The van der Waals surface area contributed by atoms with E-state index < -0.39 is 44.4 Å². The van der Waals surface area contributed by atoms with Crippen molar-refractivity contribution in [3.63, 3.8) is 0 Å². The fraction of sp³-hybridized carbons (Fsp3) is 0.750. The van der Waals surface area contributed by atoms with Gasteiger partial charge in [0, 0.05) is 0 Å². The minimum atomic E-state index is -3.67. The molecule has 0 aromatic carbocycles. The molecule has 2 unspecified atom stereocenters. The van der Waals surface area contributed by atoms with E-state index in [0.29, 0.717) is 12.7 Å². The zero-order chi connectivity index (χ0) is 18.7. The van der Waals surface area contributed by atoms with E-state index in [2.05, 4.69) is 0 Å². The molecule has 0 saturated carbocycles. The molecular formula is C8H18O12S2. The Labute approximate surface area is 126 Å². The fourth-order valence-corrected chi connectivity index (χ4v) is 1.04. The fourth-order valence-electron chi connectivity index (χ4n) is 0.528. The third-order valence-electron chi connectivity index (χ3n) is 1.27. The Bertz CT molecular complexity index is 507. The van der Waals surface area contributed by atoms with E-state index in [0.717, 1.165) is 0 Å². The van der Waals surface area contributed by atoms with Gasteiger partial charge in [-0.15, -0.1) is 0 Å². The molecule has 6 N–H and O–H groups in total. The van der Waals surface area contributed by atoms with Crippen LogP contribution >= 0.6 is 0 Å². The van der Waals surface area contributed by atoms with Gasteiger partial charge in [-0.2, -0.15) is 16.8 Å². The van der Waals surface area contributed by atoms with Crippen molar-refractivity contribution in [2.24, 2.45) is 0 Å². The van der Waals surface area contributed by atoms with Crippen LogP contribution < -0.4 is 0 Å². The largest absolute Gasteiger partial charge is 0.479 e. The molecule has 134 valence electrons. The van der Waals surface area contributed by atoms with Gasteiger partial charge in [0.1, 0.15) is 0 Å². The zero-order valence-corrected chi connectivity index (χ0v) is 13.2. The second-order valence-electron chi connectivity index (χ2n) is 3.59. The Morgan fingerprint density at radius 2 is 1.14 bits per heavy atom. The number of carboxylic acid groups (broad SMARTS) is 2. The van der Waals surface area contributed by atoms with E-state index in [1.165, 1.54) is 0 Å². The van der Waals surface area contributed by atoms with Crippen molar-refractivity contribution < 1.29 is 56.0 Å². The summed E-state index contributed by atoms with van der Waals surface area (Å²) in [5, 5.41) is 32.5. The van der Waals surface area contributed by atoms with Gasteiger partial charge in [-0.05, 0) is 6.42 Å². The van der Waals surface area contributed by atoms with Crippen LogP contribution in [0.5, 0.6) is 0 Å². The zero-order valence-electron chi connectivity index (χ0n) is 11.5. The summed E-state index contributed by atoms with van der Waals surface area (Å²) in [4.78, 5) is 19.5. The molecule has 0 rings (SSSR count). The van der Waals surface area contributed by atoms with Crippen LogP contribution in [-0.4, -0.2) is 82.5 Å². The van der Waals surface area contributed by atoms with Crippen molar-refractivity contribution in [3.8, 4) is 0 Å². The minimum Gasteiger partial charge on any atom is -0.479 e. The van der Waals surface area contributed by atoms with Gasteiger partial charge in [0.15, 0.2) is 12.2 Å². The maximum atomic E-state index is 9.79. The van der Waals surface area contributed by atoms with Gasteiger partial charge in [-0.3, -0.25) is 9.11 Å². The Kier molecular flexibility index (Phi) is 13.1. The number of rotatable bonds is 5. The number of carbonyl (C=O) groups is 2. The first-order valence-electron chi connectivity index (χ1n) is 5.22. The van der Waals surface area contributed by atoms with Crippen molar-refractivity contribution in [3.05, 3.63) is 0 Å². The number of hydrogen-bond acceptors (Lipinski definition) is 8. The predicted octanol–water partition coefficient (Wildman–Crippen LogP) is -2.33. The molecule has 0 bridgehead atoms. The molecule has 0 amide bonds. The van der Waals surface area contributed by atoms with E-state index in [4.69, 9.17) is 29.5 Å². The maximum Gasteiger partial charge on any atom is 0.335 e. The Balaban J connectivity index is -0.000000263. The van der Waals surface area contributed by atoms with E-state index in [-0.39, 0.29) is 5.75 Å². The molecule has 0 radical (unpaired) electrons. The molecule has 12 nitrogen and oxygen atoms in total. The number of hydrogen-bond donors (Lipinski definition) is 6. The second kappa shape index (κ2) is 11.3. The lowest BCUT2D eigenvalue weighted by molar-refractivity contribution is -0.165. The normalized spacial score (nSPS) is 13.5. The third-order valence-corrected chi connectivity index (χ3v) is 2.19. The van der Waals surface area contributed by atoms with Crippen LogP contribution in [0.25, 0.3) is 0 Å². The quantitative estimate of drug-likeness (QED) is 0.280. The highest BCUT2D eigenvalue weighted by molar-refractivity contribution is 7.85. The lowest BCUT2D eigenvalue weighted by Gasteiger charge is -2.07. The van der Waals surface area contributed by atoms with E-state index in [1.54, 1.807) is 6.92 Å². The van der Waals surface area contributed by atoms with Crippen LogP contribution in [0.1, 0.15) is 13.3 Å². The van der Waals surface area contributed by atoms with Gasteiger partial charge in [0.2, 0.25) is 0 Å². The van der Waals surface area contributed by atoms with Crippen molar-refractivity contribution in [2.45, 2.75) is 25.6 Å². The lowest BCUT2D eigenvalue weighted by Crippen LogP contribution is -2.39. The highest BCUT2D eigenvalue weighted by Gasteiger charge is 2.29. The molecule has 2 atom stereocenters. The molecule has 14 heteroatoms. The first-order valence-corrected chi connectivity index (χ1v) is 8.68. The number of aliphatic carboxylic acids is 2. The summed E-state index contributed by atoms with van der Waals surface area (Å²) in [6.07, 6.45) is -3.35. The van der Waals surface area contributed by atoms with Crippen LogP contribution in [0.3, 0.4) is 0 Å². The molecule has 0 spiro atoms. The van der Waals surface area contributed by atoms with Crippen LogP contribution in [0.4, 0.5) is 0 Å². The van der Waals surface area contributed by atoms with Gasteiger partial charge in [0.05, 0.1) is 12.0 Å². The van der Waals surface area contributed by atoms with Gasteiger partial charge < -0.3 is 20.4 Å². The second-order valence-corrected chi connectivity index (χ2v) is 6.62. The molecule has 22 heavy (non-hydrogen) atoms. The summed E-state index contributed by atoms with van der Waals surface area (Å²) in [5.74, 6) is -3.67. The van der Waals surface area contributed by atoms with Crippen LogP contribution in [-0.2, 0) is 29.8 Å². The smallest absolute Gasteiger partial charge is 0.335 e. The van der Waals surface area contributed by atoms with E-state index >= 15 is 0 Å². The van der Waals surface area contributed by atoms with Crippen molar-refractivity contribution >= 4 is 32.2 Å². The highest BCUT2D eigenvalue weighted by Crippen LogP contribution is 1.92. The third kappa shape index (κ3) is 27.1.